The topological polar surface area (TPSA) is 46.5 Å². The van der Waals surface area contributed by atoms with Gasteiger partial charge in [-0.05, 0) is 44.6 Å². The first kappa shape index (κ1) is 14.1. The maximum absolute atomic E-state index is 12.1. The molecule has 1 aliphatic carbocycles. The smallest absolute Gasteiger partial charge is 0.309 e. The van der Waals surface area contributed by atoms with E-state index < -0.39 is 5.60 Å². The third-order valence-electron chi connectivity index (χ3n) is 3.96. The van der Waals surface area contributed by atoms with Gasteiger partial charge in [0.05, 0.1) is 18.1 Å². The molecule has 1 aromatic carbocycles. The largest absolute Gasteiger partial charge is 0.466 e. The van der Waals surface area contributed by atoms with Gasteiger partial charge in [-0.3, -0.25) is 4.79 Å². The van der Waals surface area contributed by atoms with Crippen molar-refractivity contribution in [3.63, 3.8) is 0 Å². The lowest BCUT2D eigenvalue weighted by Gasteiger charge is -2.38. The summed E-state index contributed by atoms with van der Waals surface area (Å²) < 4.78 is 5.18. The van der Waals surface area contributed by atoms with Crippen molar-refractivity contribution in [2.24, 2.45) is 5.92 Å². The third kappa shape index (κ3) is 3.35. The highest BCUT2D eigenvalue weighted by molar-refractivity contribution is 5.74. The van der Waals surface area contributed by atoms with E-state index in [9.17, 15) is 9.90 Å². The van der Waals surface area contributed by atoms with E-state index in [4.69, 9.17) is 4.74 Å². The minimum absolute atomic E-state index is 0.0454. The summed E-state index contributed by atoms with van der Waals surface area (Å²) in [6, 6.07) is 9.96. The minimum atomic E-state index is -0.691. The van der Waals surface area contributed by atoms with Crippen LogP contribution in [0.15, 0.2) is 30.3 Å². The Labute approximate surface area is 114 Å². The van der Waals surface area contributed by atoms with Gasteiger partial charge in [0.25, 0.3) is 0 Å². The number of carbonyl (C=O) groups excluding carboxylic acids is 1. The van der Waals surface area contributed by atoms with Gasteiger partial charge >= 0.3 is 5.97 Å². The molecule has 0 amide bonds. The van der Waals surface area contributed by atoms with Gasteiger partial charge in [-0.2, -0.15) is 0 Å². The fourth-order valence-electron chi connectivity index (χ4n) is 2.97. The van der Waals surface area contributed by atoms with Gasteiger partial charge in [0.1, 0.15) is 0 Å². The molecule has 0 saturated heterocycles. The molecule has 1 saturated carbocycles. The number of ether oxygens (including phenoxy) is 1. The first-order valence-electron chi connectivity index (χ1n) is 6.97. The lowest BCUT2D eigenvalue weighted by molar-refractivity contribution is -0.152. The Morgan fingerprint density at radius 2 is 2.11 bits per heavy atom. The summed E-state index contributed by atoms with van der Waals surface area (Å²) in [5, 5.41) is 10.3. The second-order valence-electron chi connectivity index (χ2n) is 5.62. The quantitative estimate of drug-likeness (QED) is 0.852. The Morgan fingerprint density at radius 3 is 2.74 bits per heavy atom. The first-order chi connectivity index (χ1) is 9.03. The maximum atomic E-state index is 12.1. The predicted molar refractivity (Wildman–Crippen MR) is 73.8 cm³/mol. The lowest BCUT2D eigenvalue weighted by atomic mass is 9.69. The summed E-state index contributed by atoms with van der Waals surface area (Å²) >= 11 is 0. The van der Waals surface area contributed by atoms with Gasteiger partial charge in [0, 0.05) is 0 Å². The molecule has 2 rings (SSSR count). The zero-order chi connectivity index (χ0) is 13.9. The Hall–Kier alpha value is -1.35. The van der Waals surface area contributed by atoms with Gasteiger partial charge in [-0.25, -0.2) is 0 Å². The normalized spacial score (nSPS) is 30.9. The molecule has 0 aliphatic heterocycles. The molecule has 0 unspecified atom stereocenters. The molecular weight excluding hydrogens is 240 g/mol. The number of hydrogen-bond acceptors (Lipinski definition) is 3. The predicted octanol–water partition coefficient (Wildman–Crippen LogP) is 2.88. The fraction of sp³-hybridized carbons (Fsp3) is 0.562. The second kappa shape index (κ2) is 5.74. The van der Waals surface area contributed by atoms with E-state index in [-0.39, 0.29) is 17.8 Å². The van der Waals surface area contributed by atoms with Crippen molar-refractivity contribution < 1.29 is 14.6 Å². The highest BCUT2D eigenvalue weighted by atomic mass is 16.5. The third-order valence-corrected chi connectivity index (χ3v) is 3.96. The minimum Gasteiger partial charge on any atom is -0.466 e. The van der Waals surface area contributed by atoms with E-state index >= 15 is 0 Å². The first-order valence-corrected chi connectivity index (χ1v) is 6.97. The van der Waals surface area contributed by atoms with E-state index in [1.807, 2.05) is 44.2 Å². The summed E-state index contributed by atoms with van der Waals surface area (Å²) in [7, 11) is 0. The number of esters is 1. The van der Waals surface area contributed by atoms with Crippen molar-refractivity contribution in [2.45, 2.75) is 44.6 Å². The Balaban J connectivity index is 2.24. The summed E-state index contributed by atoms with van der Waals surface area (Å²) in [6.07, 6.45) is 1.95. The number of hydrogen-bond donors (Lipinski definition) is 1. The number of aliphatic hydroxyl groups is 1. The monoisotopic (exact) mass is 262 g/mol. The van der Waals surface area contributed by atoms with E-state index in [0.717, 1.165) is 5.56 Å². The molecule has 1 aromatic rings. The van der Waals surface area contributed by atoms with Crippen LogP contribution in [0, 0.1) is 5.92 Å². The Kier molecular flexibility index (Phi) is 4.25. The highest BCUT2D eigenvalue weighted by Gasteiger charge is 2.41. The second-order valence-corrected chi connectivity index (χ2v) is 5.62. The van der Waals surface area contributed by atoms with Crippen LogP contribution >= 0.6 is 0 Å². The van der Waals surface area contributed by atoms with Crippen LogP contribution in [-0.2, 0) is 9.53 Å². The molecule has 104 valence electrons. The molecule has 1 N–H and O–H groups in total. The summed E-state index contributed by atoms with van der Waals surface area (Å²) in [6.45, 7) is 4.09. The molecule has 0 heterocycles. The summed E-state index contributed by atoms with van der Waals surface area (Å²) in [5.41, 5.74) is 0.421. The molecule has 1 fully saturated rings. The van der Waals surface area contributed by atoms with Crippen LogP contribution in [0.3, 0.4) is 0 Å². The average molecular weight is 262 g/mol. The average Bonchev–Trinajstić information content (AvgIpc) is 2.39. The molecule has 19 heavy (non-hydrogen) atoms. The zero-order valence-electron chi connectivity index (χ0n) is 11.6. The molecule has 3 atom stereocenters. The van der Waals surface area contributed by atoms with Gasteiger partial charge < -0.3 is 9.84 Å². The maximum Gasteiger partial charge on any atom is 0.309 e. The Morgan fingerprint density at radius 1 is 1.42 bits per heavy atom. The standard InChI is InChI=1S/C16H22O3/c1-3-19-15(17)13-9-10-16(2,18)11-14(13)12-7-5-4-6-8-12/h4-8,13-14,18H,3,9-11H2,1-2H3/t13-,14+,16+/m1/s1. The summed E-state index contributed by atoms with van der Waals surface area (Å²) in [4.78, 5) is 12.1. The van der Waals surface area contributed by atoms with E-state index in [1.54, 1.807) is 0 Å². The van der Waals surface area contributed by atoms with Crippen LogP contribution in [0.1, 0.15) is 44.6 Å². The van der Waals surface area contributed by atoms with Crippen LogP contribution in [-0.4, -0.2) is 23.3 Å². The van der Waals surface area contributed by atoms with Crippen LogP contribution < -0.4 is 0 Å². The van der Waals surface area contributed by atoms with E-state index in [1.165, 1.54) is 0 Å². The van der Waals surface area contributed by atoms with Crippen molar-refractivity contribution in [1.82, 2.24) is 0 Å². The zero-order valence-corrected chi connectivity index (χ0v) is 11.6. The molecule has 0 radical (unpaired) electrons. The molecule has 0 bridgehead atoms. The van der Waals surface area contributed by atoms with E-state index in [2.05, 4.69) is 0 Å². The van der Waals surface area contributed by atoms with Crippen LogP contribution in [0.25, 0.3) is 0 Å². The van der Waals surface area contributed by atoms with E-state index in [0.29, 0.717) is 25.9 Å². The Bertz CT molecular complexity index is 425. The van der Waals surface area contributed by atoms with Crippen LogP contribution in [0.5, 0.6) is 0 Å². The van der Waals surface area contributed by atoms with Crippen molar-refractivity contribution in [2.75, 3.05) is 6.61 Å². The molecule has 3 nitrogen and oxygen atoms in total. The van der Waals surface area contributed by atoms with Gasteiger partial charge in [-0.15, -0.1) is 0 Å². The summed E-state index contributed by atoms with van der Waals surface area (Å²) in [5.74, 6) is -0.224. The van der Waals surface area contributed by atoms with Gasteiger partial charge in [0.15, 0.2) is 0 Å². The van der Waals surface area contributed by atoms with Gasteiger partial charge in [-0.1, -0.05) is 30.3 Å². The van der Waals surface area contributed by atoms with Crippen molar-refractivity contribution in [1.29, 1.82) is 0 Å². The van der Waals surface area contributed by atoms with Gasteiger partial charge in [0.2, 0.25) is 0 Å². The molecule has 0 spiro atoms. The number of rotatable bonds is 3. The molecule has 1 aliphatic rings. The van der Waals surface area contributed by atoms with Crippen LogP contribution in [0.4, 0.5) is 0 Å². The van der Waals surface area contributed by atoms with Crippen molar-refractivity contribution in [3.05, 3.63) is 35.9 Å². The van der Waals surface area contributed by atoms with Crippen molar-refractivity contribution in [3.8, 4) is 0 Å². The SMILES string of the molecule is CCOC(=O)[C@@H]1CC[C@](C)(O)C[C@H]1c1ccccc1. The fourth-order valence-corrected chi connectivity index (χ4v) is 2.97. The molecule has 0 aromatic heterocycles. The lowest BCUT2D eigenvalue weighted by Crippen LogP contribution is -2.39. The molecular formula is C16H22O3. The van der Waals surface area contributed by atoms with Crippen molar-refractivity contribution >= 4 is 5.97 Å². The number of benzene rings is 1. The highest BCUT2D eigenvalue weighted by Crippen LogP contribution is 2.42. The van der Waals surface area contributed by atoms with Crippen LogP contribution in [0.2, 0.25) is 0 Å². The number of carbonyl (C=O) groups is 1. The molecule has 3 heteroatoms.